The Bertz CT molecular complexity index is 1110. The van der Waals surface area contributed by atoms with Gasteiger partial charge in [-0.05, 0) is 86.7 Å². The third-order valence-electron chi connectivity index (χ3n) is 10.1. The zero-order valence-corrected chi connectivity index (χ0v) is 20.4. The lowest BCUT2D eigenvalue weighted by Gasteiger charge is -2.59. The molecule has 196 valence electrons. The summed E-state index contributed by atoms with van der Waals surface area (Å²) in [4.78, 5) is 23.9. The molecule has 0 aliphatic heterocycles. The summed E-state index contributed by atoms with van der Waals surface area (Å²) in [5.74, 6) is -6.27. The van der Waals surface area contributed by atoms with Crippen molar-refractivity contribution in [3.63, 3.8) is 0 Å². The quantitative estimate of drug-likeness (QED) is 0.366. The number of rotatable bonds is 3. The van der Waals surface area contributed by atoms with E-state index in [4.69, 9.17) is 0 Å². The van der Waals surface area contributed by atoms with E-state index < -0.39 is 35.5 Å². The Balaban J connectivity index is 1.63. The number of alkyl halides is 5. The van der Waals surface area contributed by atoms with E-state index in [1.807, 2.05) is 0 Å². The van der Waals surface area contributed by atoms with Crippen molar-refractivity contribution < 1.29 is 36.6 Å². The van der Waals surface area contributed by atoms with Gasteiger partial charge in [-0.25, -0.2) is 0 Å². The highest BCUT2D eigenvalue weighted by atomic mass is 19.4. The first-order chi connectivity index (χ1) is 16.7. The topological polar surface area (TPSA) is 54.4 Å². The summed E-state index contributed by atoms with van der Waals surface area (Å²) in [6.45, 7) is 2.86. The molecule has 0 aromatic heterocycles. The summed E-state index contributed by atoms with van der Waals surface area (Å²) >= 11 is 0. The van der Waals surface area contributed by atoms with E-state index in [9.17, 15) is 36.6 Å². The standard InChI is InChI=1S/C28H31F5O3/c1-15(34)16-3-5-17(6-4-16)22-14-25(2)23(11-12-26(25,36)27(29,30)28(31,32)33)21-9-7-18-13-19(35)8-10-20(18)24(21)22/h3-6,13,20-24,36H,7-12,14H2,1-2H3/t20-,21-,22?,23-,24+,25-,26?/m0/s1. The molecule has 1 aromatic carbocycles. The Hall–Kier alpha value is -2.09. The largest absolute Gasteiger partial charge is 0.456 e. The van der Waals surface area contributed by atoms with E-state index in [0.717, 1.165) is 11.1 Å². The van der Waals surface area contributed by atoms with Crippen LogP contribution in [-0.2, 0) is 4.79 Å². The number of ketones is 2. The van der Waals surface area contributed by atoms with Gasteiger partial charge in [0, 0.05) is 17.4 Å². The van der Waals surface area contributed by atoms with Crippen LogP contribution in [0.4, 0.5) is 22.0 Å². The van der Waals surface area contributed by atoms with E-state index in [2.05, 4.69) is 0 Å². The molecule has 4 aliphatic carbocycles. The van der Waals surface area contributed by atoms with E-state index in [1.54, 1.807) is 30.3 Å². The fourth-order valence-corrected chi connectivity index (χ4v) is 8.37. The predicted molar refractivity (Wildman–Crippen MR) is 123 cm³/mol. The first-order valence-electron chi connectivity index (χ1n) is 12.7. The molecule has 3 saturated carbocycles. The molecule has 7 atom stereocenters. The summed E-state index contributed by atoms with van der Waals surface area (Å²) in [7, 11) is 0. The Morgan fingerprint density at radius 3 is 2.28 bits per heavy atom. The van der Waals surface area contributed by atoms with Crippen LogP contribution in [0.25, 0.3) is 0 Å². The summed E-state index contributed by atoms with van der Waals surface area (Å²) in [6, 6.07) is 6.86. The van der Waals surface area contributed by atoms with Gasteiger partial charge in [-0.1, -0.05) is 36.8 Å². The second-order valence-corrected chi connectivity index (χ2v) is 11.6. The van der Waals surface area contributed by atoms with Crippen molar-refractivity contribution in [2.45, 2.75) is 82.4 Å². The molecule has 0 amide bonds. The Kier molecular flexibility index (Phi) is 5.82. The lowest BCUT2D eigenvalue weighted by atomic mass is 9.46. The molecule has 0 heterocycles. The molecular weight excluding hydrogens is 479 g/mol. The van der Waals surface area contributed by atoms with E-state index >= 15 is 0 Å². The van der Waals surface area contributed by atoms with Crippen molar-refractivity contribution in [2.75, 3.05) is 0 Å². The fourth-order valence-electron chi connectivity index (χ4n) is 8.37. The van der Waals surface area contributed by atoms with Crippen molar-refractivity contribution in [3.8, 4) is 0 Å². The number of fused-ring (bicyclic) bond motifs is 5. The molecule has 0 radical (unpaired) electrons. The van der Waals surface area contributed by atoms with Gasteiger partial charge in [0.05, 0.1) is 0 Å². The number of carbonyl (C=O) groups excluding carboxylic acids is 2. The van der Waals surface area contributed by atoms with Crippen molar-refractivity contribution in [1.29, 1.82) is 0 Å². The molecule has 36 heavy (non-hydrogen) atoms. The normalized spacial score (nSPS) is 38.6. The molecule has 2 unspecified atom stereocenters. The Morgan fingerprint density at radius 2 is 1.67 bits per heavy atom. The number of allylic oxidation sites excluding steroid dienone is 1. The van der Waals surface area contributed by atoms with Gasteiger partial charge in [0.25, 0.3) is 0 Å². The first-order valence-corrected chi connectivity index (χ1v) is 12.7. The minimum Gasteiger partial charge on any atom is -0.383 e. The van der Waals surface area contributed by atoms with Gasteiger partial charge in [-0.3, -0.25) is 9.59 Å². The minimum atomic E-state index is -5.86. The van der Waals surface area contributed by atoms with Crippen LogP contribution in [0.1, 0.15) is 80.6 Å². The molecule has 3 nitrogen and oxygen atoms in total. The van der Waals surface area contributed by atoms with Gasteiger partial charge in [-0.15, -0.1) is 0 Å². The highest BCUT2D eigenvalue weighted by Crippen LogP contribution is 2.71. The zero-order chi connectivity index (χ0) is 26.3. The maximum Gasteiger partial charge on any atom is 0.456 e. The van der Waals surface area contributed by atoms with E-state index in [1.165, 1.54) is 13.8 Å². The predicted octanol–water partition coefficient (Wildman–Crippen LogP) is 6.65. The summed E-state index contributed by atoms with van der Waals surface area (Å²) in [6.07, 6.45) is -2.42. The second kappa shape index (κ2) is 8.20. The number of benzene rings is 1. The summed E-state index contributed by atoms with van der Waals surface area (Å²) in [5, 5.41) is 11.3. The van der Waals surface area contributed by atoms with E-state index in [-0.39, 0.29) is 48.1 Å². The lowest BCUT2D eigenvalue weighted by molar-refractivity contribution is -0.364. The number of aliphatic hydroxyl groups is 1. The molecule has 8 heteroatoms. The number of carbonyl (C=O) groups is 2. The molecule has 0 bridgehead atoms. The minimum absolute atomic E-state index is 0.0157. The zero-order valence-electron chi connectivity index (χ0n) is 20.4. The average Bonchev–Trinajstić information content (AvgIpc) is 3.09. The number of hydrogen-bond donors (Lipinski definition) is 1. The van der Waals surface area contributed by atoms with Crippen molar-refractivity contribution in [2.24, 2.45) is 29.1 Å². The van der Waals surface area contributed by atoms with Crippen LogP contribution in [-0.4, -0.2) is 34.4 Å². The maximum atomic E-state index is 15.0. The third-order valence-corrected chi connectivity index (χ3v) is 10.1. The third kappa shape index (κ3) is 3.46. The van der Waals surface area contributed by atoms with Gasteiger partial charge in [0.15, 0.2) is 11.6 Å². The van der Waals surface area contributed by atoms with Crippen LogP contribution >= 0.6 is 0 Å². The molecule has 3 fully saturated rings. The van der Waals surface area contributed by atoms with Gasteiger partial charge in [0.2, 0.25) is 0 Å². The average molecular weight is 511 g/mol. The van der Waals surface area contributed by atoms with Crippen molar-refractivity contribution in [3.05, 3.63) is 47.0 Å². The van der Waals surface area contributed by atoms with Gasteiger partial charge in [0.1, 0.15) is 5.60 Å². The smallest absolute Gasteiger partial charge is 0.383 e. The van der Waals surface area contributed by atoms with Crippen molar-refractivity contribution in [1.82, 2.24) is 0 Å². The van der Waals surface area contributed by atoms with E-state index in [0.29, 0.717) is 31.2 Å². The van der Waals surface area contributed by atoms with Crippen LogP contribution in [0.3, 0.4) is 0 Å². The highest BCUT2D eigenvalue weighted by molar-refractivity contribution is 5.94. The SMILES string of the molecule is CC(=O)c1ccc(C2C[C@@]3(C)[C@@H](CCC3(O)C(F)(F)C(F)(F)F)[C@@H]3CCC4=CC(=O)CC[C@@H]4[C@@H]23)cc1. The number of Topliss-reactive ketones (excluding diaryl/α,β-unsaturated/α-hetero) is 1. The van der Waals surface area contributed by atoms with Gasteiger partial charge >= 0.3 is 12.1 Å². The monoisotopic (exact) mass is 510 g/mol. The van der Waals surface area contributed by atoms with Crippen LogP contribution in [0.2, 0.25) is 0 Å². The lowest BCUT2D eigenvalue weighted by Crippen LogP contribution is -2.66. The molecular formula is C28H31F5O3. The van der Waals surface area contributed by atoms with Crippen LogP contribution in [0, 0.1) is 29.1 Å². The molecule has 0 saturated heterocycles. The van der Waals surface area contributed by atoms with Crippen molar-refractivity contribution >= 4 is 11.6 Å². The molecule has 0 spiro atoms. The second-order valence-electron chi connectivity index (χ2n) is 11.6. The van der Waals surface area contributed by atoms with Gasteiger partial charge < -0.3 is 5.11 Å². The molecule has 1 aromatic rings. The van der Waals surface area contributed by atoms with Crippen LogP contribution in [0.15, 0.2) is 35.9 Å². The van der Waals surface area contributed by atoms with Gasteiger partial charge in [-0.2, -0.15) is 22.0 Å². The molecule has 4 aliphatic rings. The molecule has 1 N–H and O–H groups in total. The van der Waals surface area contributed by atoms with Crippen LogP contribution < -0.4 is 0 Å². The Morgan fingerprint density at radius 1 is 1.00 bits per heavy atom. The highest BCUT2D eigenvalue weighted by Gasteiger charge is 2.79. The Labute approximate surface area is 207 Å². The fraction of sp³-hybridized carbons (Fsp3) is 0.643. The molecule has 5 rings (SSSR count). The summed E-state index contributed by atoms with van der Waals surface area (Å²) in [5.41, 5.74) is -2.54. The maximum absolute atomic E-state index is 15.0. The number of hydrogen-bond acceptors (Lipinski definition) is 3. The number of halogens is 5. The first kappa shape index (κ1) is 25.6. The van der Waals surface area contributed by atoms with Crippen LogP contribution in [0.5, 0.6) is 0 Å². The summed E-state index contributed by atoms with van der Waals surface area (Å²) < 4.78 is 70.8.